The van der Waals surface area contributed by atoms with E-state index < -0.39 is 0 Å². The second-order valence-corrected chi connectivity index (χ2v) is 33.9. The summed E-state index contributed by atoms with van der Waals surface area (Å²) in [5.41, 5.74) is 32.7. The normalized spacial score (nSPS) is 13.7. The third-order valence-corrected chi connectivity index (χ3v) is 29.4. The Labute approximate surface area is 650 Å². The third-order valence-electron chi connectivity index (χ3n) is 29.4. The maximum atomic E-state index is 2.69. The van der Waals surface area contributed by atoms with Crippen molar-refractivity contribution < 1.29 is 0 Å². The van der Waals surface area contributed by atoms with Gasteiger partial charge in [0.15, 0.2) is 0 Å². The molecular formula is C108H50N8. The van der Waals surface area contributed by atoms with Gasteiger partial charge in [0.25, 0.3) is 0 Å². The Hall–Kier alpha value is -15.6. The van der Waals surface area contributed by atoms with Crippen LogP contribution in [0.15, 0.2) is 303 Å². The lowest BCUT2D eigenvalue weighted by Gasteiger charge is -2.09. The highest BCUT2D eigenvalue weighted by atomic mass is 15.0. The summed E-state index contributed by atoms with van der Waals surface area (Å²) in [7, 11) is 0. The molecule has 0 atom stereocenters. The molecular weight excluding hydrogens is 1410 g/mol. The molecule has 8 heteroatoms. The zero-order chi connectivity index (χ0) is 73.5. The average molecular weight is 1460 g/mol. The third kappa shape index (κ3) is 5.54. The summed E-state index contributed by atoms with van der Waals surface area (Å²) in [6.07, 6.45) is 0. The smallest absolute Gasteiger partial charge is 0.0642 e. The quantitative estimate of drug-likeness (QED) is 0.157. The molecule has 34 aromatic rings. The van der Waals surface area contributed by atoms with Crippen LogP contribution in [0.3, 0.4) is 0 Å². The lowest BCUT2D eigenvalue weighted by atomic mass is 9.92. The van der Waals surface area contributed by atoms with E-state index in [-0.39, 0.29) is 0 Å². The lowest BCUT2D eigenvalue weighted by molar-refractivity contribution is 1.35. The van der Waals surface area contributed by atoms with Gasteiger partial charge in [-0.2, -0.15) is 0 Å². The molecule has 18 aromatic carbocycles. The number of fused-ring (bicyclic) bond motifs is 52. The zero-order valence-electron chi connectivity index (χ0n) is 61.4. The molecule has 34 rings (SSSR count). The van der Waals surface area contributed by atoms with E-state index in [1.54, 1.807) is 0 Å². The minimum Gasteiger partial charge on any atom is -0.308 e. The fourth-order valence-corrected chi connectivity index (χ4v) is 25.5. The summed E-state index contributed by atoms with van der Waals surface area (Å²) in [5, 5.41) is 41.3. The van der Waals surface area contributed by atoms with Crippen LogP contribution in [0.1, 0.15) is 0 Å². The summed E-state index contributed by atoms with van der Waals surface area (Å²) in [6.45, 7) is 0. The molecule has 0 bridgehead atoms. The van der Waals surface area contributed by atoms with Gasteiger partial charge in [-0.25, -0.2) is 0 Å². The van der Waals surface area contributed by atoms with Crippen LogP contribution in [0.5, 0.6) is 0 Å². The molecule has 0 aliphatic heterocycles. The second-order valence-electron chi connectivity index (χ2n) is 33.9. The van der Waals surface area contributed by atoms with Gasteiger partial charge >= 0.3 is 0 Å². The van der Waals surface area contributed by atoms with Crippen LogP contribution in [-0.2, 0) is 0 Å². The van der Waals surface area contributed by atoms with Crippen LogP contribution in [0.4, 0.5) is 0 Å². The van der Waals surface area contributed by atoms with E-state index in [1.807, 2.05) is 0 Å². The molecule has 0 aliphatic rings. The Morgan fingerprint density at radius 2 is 0.345 bits per heavy atom. The van der Waals surface area contributed by atoms with E-state index in [2.05, 4.69) is 339 Å². The standard InChI is InChI=1S/C108H50N8/c1-7-31-77-51(17-1)59-24-14-28-65-93-83(109(77)100(59)65)41-43-85-94(93)66-29-15-25-60-69-48-88-70(47-87(69)113(85)101(60)66)61-26-16-30-67-95-86(114(88)102(61)67)44-42-84-96(95)68-40-38-56(91-64-22-6-12-36-82(64)110(84)104(68)91)57-37-39-63-53-19-3-11-35-81(53)116-103(63)92(57)76-46-72-55-21-5-9-33-79(55)112-90-49-74-89(50-75(90)98(106(72)112)108(76)116)111-78-32-8-4-20-54(78)71-45-73-62-27-13-23-58-52-18-2-10-34-80(52)115(99(58)62)107(73)97(74)105(71)111/h1-50H. The van der Waals surface area contributed by atoms with Crippen molar-refractivity contribution >= 4 is 305 Å². The molecule has 16 aromatic heterocycles. The van der Waals surface area contributed by atoms with Crippen molar-refractivity contribution in [1.82, 2.24) is 35.2 Å². The summed E-state index contributed by atoms with van der Waals surface area (Å²) in [5.74, 6) is 0. The van der Waals surface area contributed by atoms with E-state index >= 15 is 0 Å². The highest BCUT2D eigenvalue weighted by Gasteiger charge is 2.35. The molecule has 0 aliphatic carbocycles. The van der Waals surface area contributed by atoms with Crippen LogP contribution < -0.4 is 0 Å². The molecule has 0 fully saturated rings. The highest BCUT2D eigenvalue weighted by molar-refractivity contribution is 6.45. The fourth-order valence-electron chi connectivity index (χ4n) is 25.5. The van der Waals surface area contributed by atoms with Gasteiger partial charge in [-0.1, -0.05) is 206 Å². The Bertz CT molecular complexity index is 10800. The van der Waals surface area contributed by atoms with Gasteiger partial charge in [-0.15, -0.1) is 0 Å². The molecule has 0 N–H and O–H groups in total. The van der Waals surface area contributed by atoms with Gasteiger partial charge in [-0.05, 0) is 108 Å². The topological polar surface area (TPSA) is 35.3 Å². The predicted molar refractivity (Wildman–Crippen MR) is 489 cm³/mol. The summed E-state index contributed by atoms with van der Waals surface area (Å²) in [4.78, 5) is 0. The summed E-state index contributed by atoms with van der Waals surface area (Å²) in [6, 6.07) is 118. The van der Waals surface area contributed by atoms with Crippen molar-refractivity contribution in [2.24, 2.45) is 0 Å². The number of nitrogens with zero attached hydrogens (tertiary/aromatic N) is 8. The van der Waals surface area contributed by atoms with E-state index in [9.17, 15) is 0 Å². The molecule has 16 heterocycles. The minimum absolute atomic E-state index is 1.22. The van der Waals surface area contributed by atoms with Gasteiger partial charge in [0.2, 0.25) is 0 Å². The Morgan fingerprint density at radius 1 is 0.103 bits per heavy atom. The van der Waals surface area contributed by atoms with Gasteiger partial charge in [-0.3, -0.25) is 0 Å². The van der Waals surface area contributed by atoms with E-state index in [4.69, 9.17) is 0 Å². The largest absolute Gasteiger partial charge is 0.308 e. The predicted octanol–water partition coefficient (Wildman–Crippen LogP) is 28.6. The minimum atomic E-state index is 1.22. The van der Waals surface area contributed by atoms with Crippen LogP contribution in [0, 0.1) is 0 Å². The molecule has 0 radical (unpaired) electrons. The van der Waals surface area contributed by atoms with Crippen LogP contribution >= 0.6 is 0 Å². The first-order valence-electron chi connectivity index (χ1n) is 40.7. The molecule has 0 saturated heterocycles. The van der Waals surface area contributed by atoms with Crippen molar-refractivity contribution in [2.75, 3.05) is 0 Å². The van der Waals surface area contributed by atoms with Crippen molar-refractivity contribution in [3.63, 3.8) is 0 Å². The number of para-hydroxylation sites is 10. The first-order chi connectivity index (χ1) is 57.7. The SMILES string of the molecule is c1ccc2c(c1)c1cccc3c4c5c6cccc7c8cc9c(cc8n(c5ccc4n2c13)c76)c1cccc2c3c4c5ccc(-c6ccc7c8ccccc8n8c7c6c6cc7c%10ccccc%10n%10c%11cc%12c%13c%14c(cc%15c%16cccc%17c%18ccccc%18n(c%17%16)c%15%13)c%13ccccc%13n%14c%12cc%11c(c7%10)c68)c6c7ccccc7n(c4ccc3n9c12)c56. The zero-order valence-corrected chi connectivity index (χ0v) is 61.4. The monoisotopic (exact) mass is 1460 g/mol. The molecule has 522 valence electrons. The van der Waals surface area contributed by atoms with Gasteiger partial charge < -0.3 is 35.2 Å². The number of aromatic nitrogens is 8. The lowest BCUT2D eigenvalue weighted by Crippen LogP contribution is -1.85. The molecule has 0 unspecified atom stereocenters. The molecule has 0 spiro atoms. The first kappa shape index (κ1) is 55.7. The number of hydrogen-bond acceptors (Lipinski definition) is 0. The van der Waals surface area contributed by atoms with Crippen LogP contribution in [-0.4, -0.2) is 35.2 Å². The van der Waals surface area contributed by atoms with E-state index in [1.165, 1.54) is 316 Å². The Balaban J connectivity index is 0.644. The maximum absolute atomic E-state index is 2.69. The van der Waals surface area contributed by atoms with Crippen molar-refractivity contribution in [1.29, 1.82) is 0 Å². The highest BCUT2D eigenvalue weighted by Crippen LogP contribution is 2.58. The second kappa shape index (κ2) is 17.8. The van der Waals surface area contributed by atoms with Crippen LogP contribution in [0.25, 0.3) is 316 Å². The van der Waals surface area contributed by atoms with E-state index in [0.29, 0.717) is 0 Å². The first-order valence-corrected chi connectivity index (χ1v) is 40.7. The average Bonchev–Trinajstić information content (AvgIpc) is 1.49. The molecule has 8 nitrogen and oxygen atoms in total. The van der Waals surface area contributed by atoms with Gasteiger partial charge in [0.05, 0.1) is 132 Å². The van der Waals surface area contributed by atoms with Crippen molar-refractivity contribution in [3.05, 3.63) is 303 Å². The van der Waals surface area contributed by atoms with Crippen molar-refractivity contribution in [3.8, 4) is 11.1 Å². The molecule has 116 heavy (non-hydrogen) atoms. The van der Waals surface area contributed by atoms with Crippen molar-refractivity contribution in [2.45, 2.75) is 0 Å². The maximum Gasteiger partial charge on any atom is 0.0642 e. The fraction of sp³-hybridized carbons (Fsp3) is 0. The van der Waals surface area contributed by atoms with Gasteiger partial charge in [0, 0.05) is 172 Å². The van der Waals surface area contributed by atoms with Crippen LogP contribution in [0.2, 0.25) is 0 Å². The number of benzene rings is 18. The summed E-state index contributed by atoms with van der Waals surface area (Å²) >= 11 is 0. The number of rotatable bonds is 1. The molecule has 0 saturated carbocycles. The Kier molecular flexibility index (Phi) is 8.55. The van der Waals surface area contributed by atoms with Gasteiger partial charge in [0.1, 0.15) is 0 Å². The number of hydrogen-bond donors (Lipinski definition) is 0. The van der Waals surface area contributed by atoms with E-state index in [0.717, 1.165) is 0 Å². The molecule has 0 amide bonds. The summed E-state index contributed by atoms with van der Waals surface area (Å²) < 4.78 is 20.9. The Morgan fingerprint density at radius 3 is 0.810 bits per heavy atom.